The van der Waals surface area contributed by atoms with Crippen LogP contribution >= 0.6 is 11.3 Å². The van der Waals surface area contributed by atoms with Crippen LogP contribution in [0, 0.1) is 5.92 Å². The van der Waals surface area contributed by atoms with Crippen molar-refractivity contribution in [2.45, 2.75) is 25.2 Å². The lowest BCUT2D eigenvalue weighted by Crippen LogP contribution is -2.50. The summed E-state index contributed by atoms with van der Waals surface area (Å²) in [4.78, 5) is 13.3. The van der Waals surface area contributed by atoms with Gasteiger partial charge in [-0.1, -0.05) is 53.7 Å². The van der Waals surface area contributed by atoms with E-state index in [1.54, 1.807) is 4.68 Å². The third-order valence-electron chi connectivity index (χ3n) is 5.44. The Kier molecular flexibility index (Phi) is 7.67. The first-order valence-electron chi connectivity index (χ1n) is 10.8. The molecule has 7 nitrogen and oxygen atoms in total. The van der Waals surface area contributed by atoms with Crippen molar-refractivity contribution in [3.05, 3.63) is 101 Å². The topological polar surface area (TPSA) is 100 Å². The first-order chi connectivity index (χ1) is 16.1. The number of aromatic nitrogens is 3. The number of rotatable bonds is 10. The number of nitrogens with zero attached hydrogens (tertiary/aromatic N) is 3. The fourth-order valence-electron chi connectivity index (χ4n) is 3.70. The van der Waals surface area contributed by atoms with Gasteiger partial charge in [0.25, 0.3) is 0 Å². The molecule has 1 amide bonds. The van der Waals surface area contributed by atoms with E-state index in [1.165, 1.54) is 11.3 Å². The van der Waals surface area contributed by atoms with Crippen LogP contribution in [0.5, 0.6) is 0 Å². The van der Waals surface area contributed by atoms with Crippen molar-refractivity contribution in [2.24, 2.45) is 5.92 Å². The van der Waals surface area contributed by atoms with Gasteiger partial charge in [0.1, 0.15) is 0 Å². The minimum atomic E-state index is -1.66. The summed E-state index contributed by atoms with van der Waals surface area (Å²) in [5.41, 5.74) is 3.55. The van der Waals surface area contributed by atoms with Crippen molar-refractivity contribution in [3.63, 3.8) is 0 Å². The minimum absolute atomic E-state index is 0.249. The lowest BCUT2D eigenvalue weighted by molar-refractivity contribution is -0.125. The zero-order valence-electron chi connectivity index (χ0n) is 18.0. The second kappa shape index (κ2) is 11.0. The van der Waals surface area contributed by atoms with Gasteiger partial charge < -0.3 is 15.4 Å². The molecule has 2 aromatic heterocycles. The van der Waals surface area contributed by atoms with E-state index in [2.05, 4.69) is 15.6 Å². The van der Waals surface area contributed by atoms with Gasteiger partial charge in [0.2, 0.25) is 5.91 Å². The minimum Gasteiger partial charge on any atom is -0.426 e. The summed E-state index contributed by atoms with van der Waals surface area (Å²) in [6.07, 6.45) is 3.04. The molecule has 2 atom stereocenters. The lowest BCUT2D eigenvalue weighted by atomic mass is 9.76. The average Bonchev–Trinajstić information content (AvgIpc) is 3.52. The molecule has 168 valence electrons. The van der Waals surface area contributed by atoms with Crippen LogP contribution < -0.4 is 5.32 Å². The van der Waals surface area contributed by atoms with Crippen molar-refractivity contribution >= 4 is 24.4 Å². The van der Waals surface area contributed by atoms with E-state index >= 15 is 0 Å². The van der Waals surface area contributed by atoms with E-state index in [-0.39, 0.29) is 5.91 Å². The number of para-hydroxylation sites is 1. The summed E-state index contributed by atoms with van der Waals surface area (Å²) in [5, 5.41) is 34.9. The van der Waals surface area contributed by atoms with Crippen LogP contribution in [0.25, 0.3) is 5.69 Å². The van der Waals surface area contributed by atoms with Crippen molar-refractivity contribution in [1.29, 1.82) is 0 Å². The standard InChI is InChI=1S/C24H25BN4O3S/c30-24(26-23(25(31)32)14-19-11-12-33-17-19)20(13-18-7-3-1-4-8-18)15-21-16-29(28-27-21)22-9-5-2-6-10-22/h1-12,16-17,20,23,31-32H,13-15H2,(H,26,30)/t20?,23-/m0/s1. The fraction of sp³-hybridized carbons (Fsp3) is 0.208. The normalized spacial score (nSPS) is 12.8. The lowest BCUT2D eigenvalue weighted by Gasteiger charge is -2.22. The number of hydrogen-bond donors (Lipinski definition) is 3. The van der Waals surface area contributed by atoms with Gasteiger partial charge in [-0.25, -0.2) is 4.68 Å². The Balaban J connectivity index is 1.51. The Morgan fingerprint density at radius 3 is 2.36 bits per heavy atom. The van der Waals surface area contributed by atoms with Crippen LogP contribution in [0.3, 0.4) is 0 Å². The first-order valence-corrected chi connectivity index (χ1v) is 11.7. The molecule has 0 saturated heterocycles. The van der Waals surface area contributed by atoms with Crippen molar-refractivity contribution in [1.82, 2.24) is 20.3 Å². The number of carbonyl (C=O) groups excluding carboxylic acids is 1. The second-order valence-corrected chi connectivity index (χ2v) is 8.73. The Morgan fingerprint density at radius 2 is 1.70 bits per heavy atom. The molecule has 0 aliphatic rings. The molecule has 2 heterocycles. The third kappa shape index (κ3) is 6.38. The van der Waals surface area contributed by atoms with Crippen LogP contribution in [-0.4, -0.2) is 44.0 Å². The summed E-state index contributed by atoms with van der Waals surface area (Å²) < 4.78 is 1.68. The molecule has 1 unspecified atom stereocenters. The Bertz CT molecular complexity index is 1140. The quantitative estimate of drug-likeness (QED) is 0.316. The number of amides is 1. The van der Waals surface area contributed by atoms with Crippen molar-refractivity contribution in [2.75, 3.05) is 0 Å². The molecule has 0 fully saturated rings. The van der Waals surface area contributed by atoms with Gasteiger partial charge in [-0.15, -0.1) is 5.10 Å². The molecule has 4 rings (SSSR count). The summed E-state index contributed by atoms with van der Waals surface area (Å²) in [7, 11) is -1.66. The molecule has 0 aliphatic heterocycles. The van der Waals surface area contributed by atoms with E-state index in [1.807, 2.05) is 83.7 Å². The number of carbonyl (C=O) groups is 1. The highest BCUT2D eigenvalue weighted by molar-refractivity contribution is 7.07. The highest BCUT2D eigenvalue weighted by Crippen LogP contribution is 2.17. The van der Waals surface area contributed by atoms with Gasteiger partial charge in [0.15, 0.2) is 0 Å². The summed E-state index contributed by atoms with van der Waals surface area (Å²) in [6, 6.07) is 21.3. The highest BCUT2D eigenvalue weighted by Gasteiger charge is 2.29. The zero-order chi connectivity index (χ0) is 23.0. The van der Waals surface area contributed by atoms with E-state index < -0.39 is 19.0 Å². The molecule has 33 heavy (non-hydrogen) atoms. The van der Waals surface area contributed by atoms with Gasteiger partial charge in [0, 0.05) is 12.3 Å². The number of benzene rings is 2. The van der Waals surface area contributed by atoms with Crippen LogP contribution in [0.2, 0.25) is 0 Å². The van der Waals surface area contributed by atoms with Gasteiger partial charge in [0.05, 0.1) is 23.5 Å². The first kappa shape index (κ1) is 22.9. The predicted molar refractivity (Wildman–Crippen MR) is 129 cm³/mol. The Hall–Kier alpha value is -3.27. The molecule has 2 aromatic carbocycles. The Labute approximate surface area is 196 Å². The Morgan fingerprint density at radius 1 is 0.970 bits per heavy atom. The fourth-order valence-corrected chi connectivity index (χ4v) is 4.38. The van der Waals surface area contributed by atoms with E-state index in [0.29, 0.717) is 25.0 Å². The molecule has 3 N–H and O–H groups in total. The van der Waals surface area contributed by atoms with E-state index in [9.17, 15) is 14.8 Å². The molecule has 0 aliphatic carbocycles. The number of hydrogen-bond acceptors (Lipinski definition) is 6. The van der Waals surface area contributed by atoms with Crippen molar-refractivity contribution in [3.8, 4) is 5.69 Å². The number of thiophene rings is 1. The zero-order valence-corrected chi connectivity index (χ0v) is 18.8. The van der Waals surface area contributed by atoms with Crippen LogP contribution in [-0.2, 0) is 24.1 Å². The maximum Gasteiger partial charge on any atom is 0.475 e. The molecule has 0 bridgehead atoms. The molecule has 0 spiro atoms. The largest absolute Gasteiger partial charge is 0.475 e. The number of nitrogens with one attached hydrogen (secondary N) is 1. The summed E-state index contributed by atoms with van der Waals surface area (Å²) in [5.74, 6) is -1.50. The molecular formula is C24H25BN4O3S. The van der Waals surface area contributed by atoms with Crippen LogP contribution in [0.4, 0.5) is 0 Å². The van der Waals surface area contributed by atoms with E-state index in [4.69, 9.17) is 0 Å². The summed E-state index contributed by atoms with van der Waals surface area (Å²) in [6.45, 7) is 0. The average molecular weight is 460 g/mol. The van der Waals surface area contributed by atoms with Crippen LogP contribution in [0.15, 0.2) is 83.7 Å². The predicted octanol–water partition coefficient (Wildman–Crippen LogP) is 2.47. The monoisotopic (exact) mass is 460 g/mol. The molecular weight excluding hydrogens is 435 g/mol. The summed E-state index contributed by atoms with van der Waals surface area (Å²) >= 11 is 1.53. The van der Waals surface area contributed by atoms with Gasteiger partial charge in [-0.2, -0.15) is 11.3 Å². The molecule has 4 aromatic rings. The second-order valence-electron chi connectivity index (χ2n) is 7.95. The SMILES string of the molecule is O=C(N[C@@H](Cc1ccsc1)B(O)O)C(Cc1ccccc1)Cc1cn(-c2ccccc2)nn1. The highest BCUT2D eigenvalue weighted by atomic mass is 32.1. The molecule has 9 heteroatoms. The van der Waals surface area contributed by atoms with Crippen molar-refractivity contribution < 1.29 is 14.8 Å². The van der Waals surface area contributed by atoms with Gasteiger partial charge in [-0.3, -0.25) is 4.79 Å². The van der Waals surface area contributed by atoms with Gasteiger partial charge >= 0.3 is 7.12 Å². The molecule has 0 saturated carbocycles. The van der Waals surface area contributed by atoms with Crippen LogP contribution in [0.1, 0.15) is 16.8 Å². The smallest absolute Gasteiger partial charge is 0.426 e. The van der Waals surface area contributed by atoms with Gasteiger partial charge in [-0.05, 0) is 52.9 Å². The maximum absolute atomic E-state index is 13.3. The van der Waals surface area contributed by atoms with E-state index in [0.717, 1.165) is 16.8 Å². The molecule has 0 radical (unpaired) electrons. The third-order valence-corrected chi connectivity index (χ3v) is 6.17. The maximum atomic E-state index is 13.3.